The fourth-order valence-electron chi connectivity index (χ4n) is 3.83. The second-order valence-electron chi connectivity index (χ2n) is 7.04. The van der Waals surface area contributed by atoms with Gasteiger partial charge in [0.05, 0.1) is 23.8 Å². The SMILES string of the molecule is CC(O)CCC1COc2cc3c(c(O)c21)C(=O)c1c(O)cc(O)cc1C3=O. The molecule has 2 unspecified atom stereocenters. The Hall–Kier alpha value is -3.06. The van der Waals surface area contributed by atoms with Crippen molar-refractivity contribution >= 4 is 11.6 Å². The van der Waals surface area contributed by atoms with Crippen molar-refractivity contribution in [1.82, 2.24) is 0 Å². The highest BCUT2D eigenvalue weighted by atomic mass is 16.5. The van der Waals surface area contributed by atoms with E-state index in [-0.39, 0.29) is 46.3 Å². The van der Waals surface area contributed by atoms with Crippen molar-refractivity contribution in [2.45, 2.75) is 31.8 Å². The number of fused-ring (bicyclic) bond motifs is 3. The van der Waals surface area contributed by atoms with E-state index in [0.717, 1.165) is 12.1 Å². The molecule has 0 spiro atoms. The van der Waals surface area contributed by atoms with E-state index in [2.05, 4.69) is 0 Å². The minimum Gasteiger partial charge on any atom is -0.508 e. The summed E-state index contributed by atoms with van der Waals surface area (Å²) >= 11 is 0. The topological polar surface area (TPSA) is 124 Å². The number of phenolic OH excluding ortho intramolecular Hbond substituents is 3. The molecule has 0 amide bonds. The van der Waals surface area contributed by atoms with Crippen LogP contribution >= 0.6 is 0 Å². The minimum atomic E-state index is -0.682. The molecule has 0 bridgehead atoms. The number of carbonyl (C=O) groups excluding carboxylic acids is 2. The van der Waals surface area contributed by atoms with Crippen molar-refractivity contribution in [3.8, 4) is 23.0 Å². The predicted molar refractivity (Wildman–Crippen MR) is 93.9 cm³/mol. The number of aliphatic hydroxyl groups is 1. The molecule has 4 rings (SSSR count). The molecule has 7 heteroatoms. The maximum atomic E-state index is 12.9. The van der Waals surface area contributed by atoms with Crippen molar-refractivity contribution in [2.24, 2.45) is 0 Å². The molecule has 2 atom stereocenters. The molecule has 7 nitrogen and oxygen atoms in total. The summed E-state index contributed by atoms with van der Waals surface area (Å²) in [5.74, 6) is -2.33. The molecule has 1 aliphatic heterocycles. The van der Waals surface area contributed by atoms with Crippen LogP contribution < -0.4 is 4.74 Å². The van der Waals surface area contributed by atoms with Crippen LogP contribution in [0, 0.1) is 0 Å². The molecular formula is C20H18O7. The molecule has 2 aromatic rings. The average Bonchev–Trinajstić information content (AvgIpc) is 3.00. The zero-order chi connectivity index (χ0) is 19.5. The summed E-state index contributed by atoms with van der Waals surface area (Å²) in [5.41, 5.74) is -0.102. The molecule has 0 radical (unpaired) electrons. The zero-order valence-corrected chi connectivity index (χ0v) is 14.5. The van der Waals surface area contributed by atoms with E-state index in [0.29, 0.717) is 24.2 Å². The maximum absolute atomic E-state index is 12.9. The standard InChI is InChI=1S/C20H18O7/c1-8(21)2-3-9-7-27-14-6-12-17(19(25)15(9)14)20(26)16-11(18(12)24)4-10(22)5-13(16)23/h4-6,8-9,21-23,25H,2-3,7H2,1H3. The molecule has 1 heterocycles. The largest absolute Gasteiger partial charge is 0.508 e. The van der Waals surface area contributed by atoms with Gasteiger partial charge in [0.25, 0.3) is 0 Å². The number of phenols is 3. The van der Waals surface area contributed by atoms with Gasteiger partial charge in [-0.3, -0.25) is 9.59 Å². The summed E-state index contributed by atoms with van der Waals surface area (Å²) in [4.78, 5) is 25.8. The van der Waals surface area contributed by atoms with E-state index in [1.54, 1.807) is 6.92 Å². The molecule has 0 aromatic heterocycles. The van der Waals surface area contributed by atoms with Crippen LogP contribution in [0.4, 0.5) is 0 Å². The van der Waals surface area contributed by atoms with Crippen LogP contribution in [-0.4, -0.2) is 44.7 Å². The minimum absolute atomic E-state index is 0.0232. The Bertz CT molecular complexity index is 991. The number of aromatic hydroxyl groups is 3. The highest BCUT2D eigenvalue weighted by molar-refractivity contribution is 6.30. The molecule has 140 valence electrons. The Morgan fingerprint density at radius 2 is 1.78 bits per heavy atom. The predicted octanol–water partition coefficient (Wildman–Crippen LogP) is 2.22. The summed E-state index contributed by atoms with van der Waals surface area (Å²) < 4.78 is 5.61. The second-order valence-corrected chi connectivity index (χ2v) is 7.04. The summed E-state index contributed by atoms with van der Waals surface area (Å²) in [7, 11) is 0. The van der Waals surface area contributed by atoms with Crippen molar-refractivity contribution in [3.05, 3.63) is 46.0 Å². The number of ether oxygens (including phenoxy) is 1. The average molecular weight is 370 g/mol. The van der Waals surface area contributed by atoms with Gasteiger partial charge in [-0.1, -0.05) is 0 Å². The van der Waals surface area contributed by atoms with Crippen molar-refractivity contribution < 1.29 is 34.8 Å². The third kappa shape index (κ3) is 2.54. The van der Waals surface area contributed by atoms with Crippen LogP contribution in [-0.2, 0) is 0 Å². The smallest absolute Gasteiger partial charge is 0.201 e. The number of aliphatic hydroxyl groups excluding tert-OH is 1. The number of benzene rings is 2. The van der Waals surface area contributed by atoms with Gasteiger partial charge >= 0.3 is 0 Å². The van der Waals surface area contributed by atoms with E-state index >= 15 is 0 Å². The van der Waals surface area contributed by atoms with Gasteiger partial charge in [-0.15, -0.1) is 0 Å². The van der Waals surface area contributed by atoms with Gasteiger partial charge in [0.15, 0.2) is 5.78 Å². The molecule has 2 aliphatic rings. The lowest BCUT2D eigenvalue weighted by atomic mass is 9.80. The van der Waals surface area contributed by atoms with Gasteiger partial charge in [-0.05, 0) is 31.9 Å². The Balaban J connectivity index is 1.87. The Labute approximate surface area is 154 Å². The molecule has 27 heavy (non-hydrogen) atoms. The quantitative estimate of drug-likeness (QED) is 0.557. The first-order valence-corrected chi connectivity index (χ1v) is 8.65. The summed E-state index contributed by atoms with van der Waals surface area (Å²) in [6.07, 6.45) is 0.544. The van der Waals surface area contributed by atoms with E-state index in [1.165, 1.54) is 6.07 Å². The molecule has 0 fully saturated rings. The van der Waals surface area contributed by atoms with Crippen molar-refractivity contribution in [3.63, 3.8) is 0 Å². The third-order valence-corrected chi connectivity index (χ3v) is 5.13. The zero-order valence-electron chi connectivity index (χ0n) is 14.5. The van der Waals surface area contributed by atoms with E-state index in [1.807, 2.05) is 0 Å². The Morgan fingerprint density at radius 3 is 2.48 bits per heavy atom. The highest BCUT2D eigenvalue weighted by Crippen LogP contribution is 2.48. The van der Waals surface area contributed by atoms with E-state index < -0.39 is 23.4 Å². The normalized spacial score (nSPS) is 18.5. The monoisotopic (exact) mass is 370 g/mol. The fourth-order valence-corrected chi connectivity index (χ4v) is 3.83. The molecule has 4 N–H and O–H groups in total. The second kappa shape index (κ2) is 5.99. The summed E-state index contributed by atoms with van der Waals surface area (Å²) in [6, 6.07) is 3.53. The number of carbonyl (C=O) groups is 2. The number of rotatable bonds is 3. The molecular weight excluding hydrogens is 352 g/mol. The molecule has 0 saturated carbocycles. The summed E-state index contributed by atoms with van der Waals surface area (Å²) in [5, 5.41) is 40.0. The van der Waals surface area contributed by atoms with Crippen LogP contribution in [0.1, 0.15) is 63.1 Å². The highest BCUT2D eigenvalue weighted by Gasteiger charge is 2.39. The van der Waals surface area contributed by atoms with Crippen LogP contribution in [0.25, 0.3) is 0 Å². The lowest BCUT2D eigenvalue weighted by Crippen LogP contribution is -2.21. The van der Waals surface area contributed by atoms with E-state index in [9.17, 15) is 30.0 Å². The van der Waals surface area contributed by atoms with Gasteiger partial charge in [-0.25, -0.2) is 0 Å². The third-order valence-electron chi connectivity index (χ3n) is 5.13. The first kappa shape index (κ1) is 17.4. The summed E-state index contributed by atoms with van der Waals surface area (Å²) in [6.45, 7) is 1.95. The number of ketones is 2. The van der Waals surface area contributed by atoms with Gasteiger partial charge in [0.1, 0.15) is 23.0 Å². The molecule has 2 aromatic carbocycles. The number of hydrogen-bond acceptors (Lipinski definition) is 7. The van der Waals surface area contributed by atoms with Crippen LogP contribution in [0.2, 0.25) is 0 Å². The van der Waals surface area contributed by atoms with Crippen LogP contribution in [0.5, 0.6) is 23.0 Å². The molecule has 0 saturated heterocycles. The van der Waals surface area contributed by atoms with Gasteiger partial charge < -0.3 is 25.2 Å². The van der Waals surface area contributed by atoms with Crippen molar-refractivity contribution in [1.29, 1.82) is 0 Å². The van der Waals surface area contributed by atoms with Gasteiger partial charge in [0.2, 0.25) is 5.78 Å². The lowest BCUT2D eigenvalue weighted by Gasteiger charge is -2.21. The fraction of sp³-hybridized carbons (Fsp3) is 0.300. The Morgan fingerprint density at radius 1 is 1.07 bits per heavy atom. The lowest BCUT2D eigenvalue weighted by molar-refractivity contribution is 0.0973. The first-order chi connectivity index (χ1) is 12.8. The number of hydrogen-bond donors (Lipinski definition) is 4. The maximum Gasteiger partial charge on any atom is 0.201 e. The molecule has 1 aliphatic carbocycles. The van der Waals surface area contributed by atoms with Crippen molar-refractivity contribution in [2.75, 3.05) is 6.61 Å². The van der Waals surface area contributed by atoms with Gasteiger partial charge in [-0.2, -0.15) is 0 Å². The Kier molecular flexibility index (Phi) is 3.85. The van der Waals surface area contributed by atoms with Crippen LogP contribution in [0.3, 0.4) is 0 Å². The first-order valence-electron chi connectivity index (χ1n) is 8.65. The van der Waals surface area contributed by atoms with Crippen LogP contribution in [0.15, 0.2) is 18.2 Å². The van der Waals surface area contributed by atoms with Gasteiger partial charge in [0, 0.05) is 28.7 Å². The van der Waals surface area contributed by atoms with E-state index in [4.69, 9.17) is 4.74 Å².